The zero-order valence-corrected chi connectivity index (χ0v) is 19.4. The molecule has 2 fully saturated rings. The number of carboxylic acids is 1. The van der Waals surface area contributed by atoms with Crippen LogP contribution in [0.5, 0.6) is 5.75 Å². The zero-order chi connectivity index (χ0) is 23.8. The Labute approximate surface area is 191 Å². The summed E-state index contributed by atoms with van der Waals surface area (Å²) in [4.78, 5) is 27.7. The van der Waals surface area contributed by atoms with Crippen LogP contribution in [0.2, 0.25) is 0 Å². The van der Waals surface area contributed by atoms with Gasteiger partial charge in [0.2, 0.25) is 0 Å². The molecule has 3 aromatic rings. The van der Waals surface area contributed by atoms with E-state index in [0.29, 0.717) is 34.6 Å². The summed E-state index contributed by atoms with van der Waals surface area (Å²) in [7, 11) is 0. The van der Waals surface area contributed by atoms with E-state index in [1.165, 1.54) is 0 Å². The number of phenolic OH excluding ortho intramolecular Hbond substituents is 1. The van der Waals surface area contributed by atoms with Gasteiger partial charge in [-0.25, -0.2) is 9.87 Å². The number of para-hydroxylation sites is 2. The van der Waals surface area contributed by atoms with Crippen molar-refractivity contribution in [3.8, 4) is 17.1 Å². The first-order valence-electron chi connectivity index (χ1n) is 11.0. The number of rotatable bonds is 4. The third-order valence-corrected chi connectivity index (χ3v) is 6.96. The van der Waals surface area contributed by atoms with Gasteiger partial charge in [0.1, 0.15) is 18.1 Å². The van der Waals surface area contributed by atoms with Crippen molar-refractivity contribution in [3.05, 3.63) is 48.0 Å². The highest BCUT2D eigenvalue weighted by Crippen LogP contribution is 2.69. The van der Waals surface area contributed by atoms with Crippen molar-refractivity contribution in [3.63, 3.8) is 0 Å². The molecule has 3 heterocycles. The quantitative estimate of drug-likeness (QED) is 0.564. The van der Waals surface area contributed by atoms with Crippen LogP contribution in [0.15, 0.2) is 42.5 Å². The zero-order valence-electron chi connectivity index (χ0n) is 19.4. The Morgan fingerprint density at radius 2 is 1.88 bits per heavy atom. The summed E-state index contributed by atoms with van der Waals surface area (Å²) < 4.78 is 7.82. The van der Waals surface area contributed by atoms with Crippen molar-refractivity contribution in [1.29, 1.82) is 0 Å². The third-order valence-electron chi connectivity index (χ3n) is 6.96. The van der Waals surface area contributed by atoms with Gasteiger partial charge in [0.25, 0.3) is 5.79 Å². The molecule has 1 aromatic heterocycles. The summed E-state index contributed by atoms with van der Waals surface area (Å²) in [6, 6.07) is 12.4. The van der Waals surface area contributed by atoms with E-state index in [9.17, 15) is 15.0 Å². The number of ether oxygens (including phenoxy) is 1. The lowest BCUT2D eigenvalue weighted by Gasteiger charge is -2.61. The molecule has 0 radical (unpaired) electrons. The van der Waals surface area contributed by atoms with E-state index < -0.39 is 17.4 Å². The fourth-order valence-corrected chi connectivity index (χ4v) is 5.74. The number of nitrogens with zero attached hydrogens (tertiary/aromatic N) is 2. The molecule has 0 amide bonds. The lowest BCUT2D eigenvalue weighted by atomic mass is 9.57. The Balaban J connectivity index is 1.64. The topological polar surface area (TPSA) is 103 Å². The van der Waals surface area contributed by atoms with Crippen LogP contribution in [-0.2, 0) is 31.6 Å². The summed E-state index contributed by atoms with van der Waals surface area (Å²) in [5.74, 6) is -1.83. The van der Waals surface area contributed by atoms with Crippen molar-refractivity contribution in [2.45, 2.75) is 52.6 Å². The van der Waals surface area contributed by atoms with E-state index in [2.05, 4.69) is 39.6 Å². The summed E-state index contributed by atoms with van der Waals surface area (Å²) in [6.07, 6.45) is 0. The van der Waals surface area contributed by atoms with Gasteiger partial charge in [0.05, 0.1) is 23.2 Å². The fourth-order valence-electron chi connectivity index (χ4n) is 5.74. The average molecular weight is 453 g/mol. The normalized spacial score (nSPS) is 26.2. The molecular formula is C25H28N2O6. The first kappa shape index (κ1) is 21.9. The van der Waals surface area contributed by atoms with Crippen molar-refractivity contribution in [2.24, 2.45) is 10.8 Å². The lowest BCUT2D eigenvalue weighted by molar-refractivity contribution is -0.626. The van der Waals surface area contributed by atoms with E-state index in [0.717, 1.165) is 0 Å². The summed E-state index contributed by atoms with van der Waals surface area (Å²) in [5.41, 5.74) is 0.960. The molecule has 2 aliphatic rings. The molecule has 0 aliphatic carbocycles. The first-order chi connectivity index (χ1) is 15.4. The van der Waals surface area contributed by atoms with Gasteiger partial charge in [-0.15, -0.1) is 0 Å². The molecule has 0 saturated carbocycles. The maximum atomic E-state index is 11.5. The van der Waals surface area contributed by atoms with Gasteiger partial charge in [-0.2, -0.15) is 4.89 Å². The number of imidazole rings is 1. The second-order valence-electron chi connectivity index (χ2n) is 10.5. The molecule has 0 spiro atoms. The number of aliphatic carboxylic acids is 1. The summed E-state index contributed by atoms with van der Waals surface area (Å²) in [6.45, 7) is 10.6. The van der Waals surface area contributed by atoms with Gasteiger partial charge in [0, 0.05) is 16.4 Å². The molecule has 2 unspecified atom stereocenters. The van der Waals surface area contributed by atoms with E-state index in [4.69, 9.17) is 14.5 Å². The maximum Gasteiger partial charge on any atom is 0.323 e. The summed E-state index contributed by atoms with van der Waals surface area (Å²) in [5, 5.41) is 20.5. The summed E-state index contributed by atoms with van der Waals surface area (Å²) >= 11 is 0. The van der Waals surface area contributed by atoms with Crippen LogP contribution in [0.1, 0.15) is 40.2 Å². The molecule has 174 valence electrons. The smallest absolute Gasteiger partial charge is 0.323 e. The molecule has 2 saturated heterocycles. The predicted molar refractivity (Wildman–Crippen MR) is 120 cm³/mol. The number of hydrogen-bond donors (Lipinski definition) is 2. The standard InChI is InChI=1S/C25H28N2O6/c1-22(2,3)25-23(4,5)14-31-24(25,32-33-25)15-10-11-16(19(28)12-15)21-26-17-8-6-7-9-18(17)27(21)13-20(29)30/h6-12,28H,13-14H2,1-5H3,(H,29,30). The average Bonchev–Trinajstić information content (AvgIpc) is 3.11. The minimum absolute atomic E-state index is 0.0459. The number of carbonyl (C=O) groups is 1. The number of carboxylic acid groups (broad SMARTS) is 1. The Morgan fingerprint density at radius 1 is 1.15 bits per heavy atom. The maximum absolute atomic E-state index is 11.5. The lowest BCUT2D eigenvalue weighted by Crippen LogP contribution is -2.73. The minimum Gasteiger partial charge on any atom is -0.507 e. The van der Waals surface area contributed by atoms with Gasteiger partial charge < -0.3 is 19.5 Å². The number of aromatic nitrogens is 2. The predicted octanol–water partition coefficient (Wildman–Crippen LogP) is 4.45. The van der Waals surface area contributed by atoms with E-state index in [1.54, 1.807) is 16.7 Å². The number of phenols is 1. The van der Waals surface area contributed by atoms with Gasteiger partial charge >= 0.3 is 5.97 Å². The second kappa shape index (κ2) is 6.79. The monoisotopic (exact) mass is 452 g/mol. The van der Waals surface area contributed by atoms with Crippen molar-refractivity contribution >= 4 is 17.0 Å². The van der Waals surface area contributed by atoms with Crippen molar-refractivity contribution < 1.29 is 29.5 Å². The van der Waals surface area contributed by atoms with E-state index >= 15 is 0 Å². The molecule has 33 heavy (non-hydrogen) atoms. The molecule has 2 N–H and O–H groups in total. The molecule has 2 atom stereocenters. The Hall–Kier alpha value is -2.94. The SMILES string of the molecule is CC(C)(C)C12OOC1(c1ccc(-c3nc4ccccc4n3CC(=O)O)c(O)c1)OCC2(C)C. The highest BCUT2D eigenvalue weighted by atomic mass is 17.3. The van der Waals surface area contributed by atoms with E-state index in [1.807, 2.05) is 30.3 Å². The number of aromatic hydroxyl groups is 1. The van der Waals surface area contributed by atoms with Crippen LogP contribution in [0.25, 0.3) is 22.4 Å². The van der Waals surface area contributed by atoms with Crippen molar-refractivity contribution in [1.82, 2.24) is 9.55 Å². The Kier molecular flexibility index (Phi) is 4.50. The Morgan fingerprint density at radius 3 is 2.48 bits per heavy atom. The number of fused-ring (bicyclic) bond motifs is 2. The van der Waals surface area contributed by atoms with Crippen LogP contribution in [0.3, 0.4) is 0 Å². The third kappa shape index (κ3) is 2.74. The highest BCUT2D eigenvalue weighted by molar-refractivity contribution is 5.84. The molecule has 5 rings (SSSR count). The van der Waals surface area contributed by atoms with Crippen LogP contribution >= 0.6 is 0 Å². The van der Waals surface area contributed by atoms with Crippen molar-refractivity contribution in [2.75, 3.05) is 6.61 Å². The molecule has 8 heteroatoms. The Bertz CT molecular complexity index is 1270. The van der Waals surface area contributed by atoms with Gasteiger partial charge in [0.15, 0.2) is 5.60 Å². The molecule has 2 aromatic carbocycles. The first-order valence-corrected chi connectivity index (χ1v) is 11.0. The van der Waals surface area contributed by atoms with Gasteiger partial charge in [-0.05, 0) is 24.3 Å². The largest absolute Gasteiger partial charge is 0.507 e. The van der Waals surface area contributed by atoms with Crippen LogP contribution in [-0.4, -0.2) is 37.9 Å². The molecule has 8 nitrogen and oxygen atoms in total. The second-order valence-corrected chi connectivity index (χ2v) is 10.5. The van der Waals surface area contributed by atoms with Crippen LogP contribution in [0.4, 0.5) is 0 Å². The number of hydrogen-bond acceptors (Lipinski definition) is 6. The van der Waals surface area contributed by atoms with Gasteiger partial charge in [-0.3, -0.25) is 4.79 Å². The number of benzene rings is 2. The molecule has 0 bridgehead atoms. The molecule has 2 aliphatic heterocycles. The van der Waals surface area contributed by atoms with Crippen LogP contribution in [0, 0.1) is 10.8 Å². The van der Waals surface area contributed by atoms with Crippen LogP contribution < -0.4 is 0 Å². The molecular weight excluding hydrogens is 424 g/mol. The highest BCUT2D eigenvalue weighted by Gasteiger charge is 2.81. The van der Waals surface area contributed by atoms with E-state index in [-0.39, 0.29) is 23.1 Å². The fraction of sp³-hybridized carbons (Fsp3) is 0.440. The minimum atomic E-state index is -1.16. The van der Waals surface area contributed by atoms with Gasteiger partial charge in [-0.1, -0.05) is 52.8 Å².